The lowest BCUT2D eigenvalue weighted by molar-refractivity contribution is -0.125. The van der Waals surface area contributed by atoms with E-state index in [-0.39, 0.29) is 17.9 Å². The number of hydrogen-bond donors (Lipinski definition) is 2. The van der Waals surface area contributed by atoms with Crippen molar-refractivity contribution in [3.05, 3.63) is 0 Å². The molecule has 2 aliphatic heterocycles. The zero-order valence-corrected chi connectivity index (χ0v) is 8.25. The number of nitrogens with one attached hydrogen (secondary N) is 2. The second-order valence-corrected chi connectivity index (χ2v) is 4.16. The fraction of sp³-hybridized carbons (Fsp3) is 0.778. The highest BCUT2D eigenvalue weighted by Crippen LogP contribution is 2.12. The summed E-state index contributed by atoms with van der Waals surface area (Å²) in [4.78, 5) is 24.3. The first kappa shape index (κ1) is 9.61. The maximum Gasteiger partial charge on any atom is 0.244 e. The highest BCUT2D eigenvalue weighted by Gasteiger charge is 2.31. The van der Waals surface area contributed by atoms with Gasteiger partial charge in [0.25, 0.3) is 0 Å². The van der Waals surface area contributed by atoms with Crippen LogP contribution in [0.3, 0.4) is 0 Å². The first-order chi connectivity index (χ1) is 6.65. The van der Waals surface area contributed by atoms with Crippen LogP contribution < -0.4 is 10.6 Å². The Balaban J connectivity index is 1.70. The summed E-state index contributed by atoms with van der Waals surface area (Å²) in [5.41, 5.74) is 0. The van der Waals surface area contributed by atoms with E-state index in [9.17, 15) is 9.59 Å². The number of carbonyl (C=O) groups is 2. The van der Waals surface area contributed by atoms with Crippen LogP contribution in [-0.2, 0) is 9.59 Å². The van der Waals surface area contributed by atoms with Crippen LogP contribution >= 0.6 is 0 Å². The Hall–Kier alpha value is -0.940. The Morgan fingerprint density at radius 3 is 2.71 bits per heavy atom. The van der Waals surface area contributed by atoms with Gasteiger partial charge in [0.1, 0.15) is 0 Å². The molecule has 2 N–H and O–H groups in total. The summed E-state index contributed by atoms with van der Waals surface area (Å²) in [6.45, 7) is 2.99. The first-order valence-electron chi connectivity index (χ1n) is 4.91. The van der Waals surface area contributed by atoms with E-state index in [2.05, 4.69) is 22.6 Å². The van der Waals surface area contributed by atoms with E-state index in [1.165, 1.54) is 0 Å². The predicted molar refractivity (Wildman–Crippen MR) is 50.5 cm³/mol. The molecule has 2 saturated heterocycles. The van der Waals surface area contributed by atoms with E-state index >= 15 is 0 Å². The number of imide groups is 1. The molecule has 5 nitrogen and oxygen atoms in total. The van der Waals surface area contributed by atoms with Crippen LogP contribution in [-0.4, -0.2) is 49.4 Å². The minimum atomic E-state index is -0.298. The fourth-order valence-electron chi connectivity index (χ4n) is 1.98. The molecule has 5 heteroatoms. The normalized spacial score (nSPS) is 29.1. The van der Waals surface area contributed by atoms with Crippen LogP contribution in [0.4, 0.5) is 0 Å². The van der Waals surface area contributed by atoms with Gasteiger partial charge in [-0.2, -0.15) is 0 Å². The average molecular weight is 197 g/mol. The Kier molecular flexibility index (Phi) is 2.52. The minimum Gasteiger partial charge on any atom is -0.306 e. The topological polar surface area (TPSA) is 61.4 Å². The third-order valence-corrected chi connectivity index (χ3v) is 2.76. The molecule has 0 aromatic carbocycles. The molecule has 0 aliphatic carbocycles. The standard InChI is InChI=1S/C9H15N3O2/c1-12-4-6(5-12)3-10-7-2-8(13)11-9(7)14/h6-7,10H,2-5H2,1H3,(H,11,13,14). The molecule has 1 unspecified atom stereocenters. The van der Waals surface area contributed by atoms with Crippen molar-refractivity contribution in [2.24, 2.45) is 5.92 Å². The van der Waals surface area contributed by atoms with Crippen molar-refractivity contribution in [3.8, 4) is 0 Å². The molecule has 1 atom stereocenters. The summed E-state index contributed by atoms with van der Waals surface area (Å²) in [5.74, 6) is 0.282. The SMILES string of the molecule is CN1CC(CNC2CC(=O)NC2=O)C1. The molecule has 0 saturated carbocycles. The minimum absolute atomic E-state index is 0.168. The summed E-state index contributed by atoms with van der Waals surface area (Å²) in [6.07, 6.45) is 0.293. The molecule has 0 aromatic rings. The molecular formula is C9H15N3O2. The zero-order valence-electron chi connectivity index (χ0n) is 8.25. The van der Waals surface area contributed by atoms with Gasteiger partial charge in [0.15, 0.2) is 0 Å². The van der Waals surface area contributed by atoms with E-state index in [0.29, 0.717) is 12.3 Å². The van der Waals surface area contributed by atoms with Crippen molar-refractivity contribution >= 4 is 11.8 Å². The van der Waals surface area contributed by atoms with Crippen LogP contribution in [0.5, 0.6) is 0 Å². The van der Waals surface area contributed by atoms with Gasteiger partial charge in [-0.1, -0.05) is 0 Å². The van der Waals surface area contributed by atoms with Crippen molar-refractivity contribution in [1.29, 1.82) is 0 Å². The van der Waals surface area contributed by atoms with Crippen LogP contribution in [0.2, 0.25) is 0 Å². The van der Waals surface area contributed by atoms with Gasteiger partial charge in [-0.05, 0) is 13.0 Å². The van der Waals surface area contributed by atoms with Crippen molar-refractivity contribution in [2.75, 3.05) is 26.7 Å². The lowest BCUT2D eigenvalue weighted by Gasteiger charge is -2.36. The second-order valence-electron chi connectivity index (χ2n) is 4.16. The van der Waals surface area contributed by atoms with Crippen LogP contribution in [0.15, 0.2) is 0 Å². The Morgan fingerprint density at radius 2 is 2.21 bits per heavy atom. The molecule has 2 amide bonds. The van der Waals surface area contributed by atoms with Gasteiger partial charge in [-0.15, -0.1) is 0 Å². The van der Waals surface area contributed by atoms with E-state index in [4.69, 9.17) is 0 Å². The van der Waals surface area contributed by atoms with E-state index in [0.717, 1.165) is 19.6 Å². The predicted octanol–water partition coefficient (Wildman–Crippen LogP) is -1.45. The van der Waals surface area contributed by atoms with E-state index < -0.39 is 0 Å². The smallest absolute Gasteiger partial charge is 0.244 e. The van der Waals surface area contributed by atoms with E-state index in [1.54, 1.807) is 0 Å². The Labute approximate surface area is 82.8 Å². The Morgan fingerprint density at radius 1 is 1.50 bits per heavy atom. The third kappa shape index (κ3) is 1.93. The molecule has 2 aliphatic rings. The molecule has 14 heavy (non-hydrogen) atoms. The van der Waals surface area contributed by atoms with Gasteiger partial charge in [0.2, 0.25) is 11.8 Å². The number of amides is 2. The van der Waals surface area contributed by atoms with Crippen molar-refractivity contribution in [1.82, 2.24) is 15.5 Å². The van der Waals surface area contributed by atoms with Gasteiger partial charge in [-0.25, -0.2) is 0 Å². The van der Waals surface area contributed by atoms with Gasteiger partial charge in [0.05, 0.1) is 12.5 Å². The molecule has 0 spiro atoms. The molecule has 2 heterocycles. The summed E-state index contributed by atoms with van der Waals surface area (Å²) >= 11 is 0. The zero-order chi connectivity index (χ0) is 10.1. The molecule has 0 bridgehead atoms. The third-order valence-electron chi connectivity index (χ3n) is 2.76. The molecule has 78 valence electrons. The summed E-state index contributed by atoms with van der Waals surface area (Å²) < 4.78 is 0. The van der Waals surface area contributed by atoms with Crippen molar-refractivity contribution in [2.45, 2.75) is 12.5 Å². The highest BCUT2D eigenvalue weighted by atomic mass is 16.2. The quantitative estimate of drug-likeness (QED) is 0.544. The van der Waals surface area contributed by atoms with E-state index in [1.807, 2.05) is 0 Å². The van der Waals surface area contributed by atoms with Gasteiger partial charge < -0.3 is 10.2 Å². The molecule has 0 radical (unpaired) electrons. The summed E-state index contributed by atoms with van der Waals surface area (Å²) in [6, 6.07) is -0.298. The highest BCUT2D eigenvalue weighted by molar-refractivity contribution is 6.05. The molecule has 2 rings (SSSR count). The average Bonchev–Trinajstić information content (AvgIpc) is 2.37. The maximum atomic E-state index is 11.2. The van der Waals surface area contributed by atoms with Crippen LogP contribution in [0, 0.1) is 5.92 Å². The molecule has 0 aromatic heterocycles. The first-order valence-corrected chi connectivity index (χ1v) is 4.91. The lowest BCUT2D eigenvalue weighted by atomic mass is 10.0. The lowest BCUT2D eigenvalue weighted by Crippen LogP contribution is -2.50. The Bertz CT molecular complexity index is 261. The molecule has 2 fully saturated rings. The summed E-state index contributed by atoms with van der Waals surface area (Å²) in [7, 11) is 2.07. The number of rotatable bonds is 3. The number of carbonyl (C=O) groups excluding carboxylic acids is 2. The largest absolute Gasteiger partial charge is 0.306 e. The summed E-state index contributed by atoms with van der Waals surface area (Å²) in [5, 5.41) is 5.41. The fourth-order valence-corrected chi connectivity index (χ4v) is 1.98. The van der Waals surface area contributed by atoms with Gasteiger partial charge in [-0.3, -0.25) is 14.9 Å². The van der Waals surface area contributed by atoms with Crippen LogP contribution in [0.25, 0.3) is 0 Å². The van der Waals surface area contributed by atoms with Gasteiger partial charge >= 0.3 is 0 Å². The van der Waals surface area contributed by atoms with Crippen molar-refractivity contribution < 1.29 is 9.59 Å². The van der Waals surface area contributed by atoms with Crippen molar-refractivity contribution in [3.63, 3.8) is 0 Å². The maximum absolute atomic E-state index is 11.2. The van der Waals surface area contributed by atoms with Gasteiger partial charge in [0, 0.05) is 19.6 Å². The number of nitrogens with zero attached hydrogens (tertiary/aromatic N) is 1. The number of likely N-dealkylation sites (tertiary alicyclic amines) is 1. The second kappa shape index (κ2) is 3.67. The monoisotopic (exact) mass is 197 g/mol. The number of hydrogen-bond acceptors (Lipinski definition) is 4. The molecular weight excluding hydrogens is 182 g/mol. The van der Waals surface area contributed by atoms with Crippen LogP contribution in [0.1, 0.15) is 6.42 Å².